The Morgan fingerprint density at radius 3 is 2.46 bits per heavy atom. The number of fused-ring (bicyclic) bond motifs is 2. The van der Waals surface area contributed by atoms with Crippen LogP contribution in [0.25, 0.3) is 33.4 Å². The van der Waals surface area contributed by atoms with Gasteiger partial charge in [-0.25, -0.2) is 13.9 Å². The predicted molar refractivity (Wildman–Crippen MR) is 139 cm³/mol. The summed E-state index contributed by atoms with van der Waals surface area (Å²) in [5.41, 5.74) is 2.91. The first-order chi connectivity index (χ1) is 17.5. The topological polar surface area (TPSA) is 138 Å². The Morgan fingerprint density at radius 2 is 1.81 bits per heavy atom. The highest BCUT2D eigenvalue weighted by molar-refractivity contribution is 7.47. The van der Waals surface area contributed by atoms with Crippen LogP contribution in [0.3, 0.4) is 0 Å². The number of anilines is 1. The highest BCUT2D eigenvalue weighted by Gasteiger charge is 2.25. The van der Waals surface area contributed by atoms with Crippen LogP contribution in [-0.2, 0) is 13.6 Å². The summed E-state index contributed by atoms with van der Waals surface area (Å²) in [6.07, 6.45) is 0. The van der Waals surface area contributed by atoms with Gasteiger partial charge in [-0.3, -0.25) is 13.8 Å². The summed E-state index contributed by atoms with van der Waals surface area (Å²) >= 11 is 0. The zero-order valence-electron chi connectivity index (χ0n) is 20.6. The first-order valence-electron chi connectivity index (χ1n) is 11.2. The SMILES string of the molecule is CNc1ccc2c(-c3cc(C(=O)COP(=O)(O)OC)ccc3C(=O)O)c3ccc(=[N+](C)C)cc-3oc2c1. The number of nitrogens with one attached hydrogen (secondary N) is 1. The molecule has 4 rings (SSSR count). The van der Waals surface area contributed by atoms with E-state index in [9.17, 15) is 24.2 Å². The summed E-state index contributed by atoms with van der Waals surface area (Å²) in [5.74, 6) is -1.27. The van der Waals surface area contributed by atoms with Crippen LogP contribution in [0, 0.1) is 0 Å². The van der Waals surface area contributed by atoms with Crippen LogP contribution in [0.5, 0.6) is 0 Å². The van der Waals surface area contributed by atoms with Crippen molar-refractivity contribution >= 4 is 36.2 Å². The Balaban J connectivity index is 2.01. The first-order valence-corrected chi connectivity index (χ1v) is 12.7. The van der Waals surface area contributed by atoms with Crippen molar-refractivity contribution in [1.82, 2.24) is 4.58 Å². The number of aromatic carboxylic acids is 1. The molecule has 0 saturated carbocycles. The van der Waals surface area contributed by atoms with Gasteiger partial charge < -0.3 is 19.7 Å². The molecule has 1 aliphatic heterocycles. The van der Waals surface area contributed by atoms with Gasteiger partial charge in [0, 0.05) is 54.1 Å². The van der Waals surface area contributed by atoms with Gasteiger partial charge in [0.1, 0.15) is 32.0 Å². The number of hydrogen-bond donors (Lipinski definition) is 3. The number of nitrogens with zero attached hydrogens (tertiary/aromatic N) is 1. The Labute approximate surface area is 212 Å². The van der Waals surface area contributed by atoms with Crippen molar-refractivity contribution in [2.75, 3.05) is 40.2 Å². The minimum atomic E-state index is -4.37. The van der Waals surface area contributed by atoms with E-state index in [1.807, 2.05) is 55.1 Å². The zero-order valence-corrected chi connectivity index (χ0v) is 21.5. The summed E-state index contributed by atoms with van der Waals surface area (Å²) in [6, 6.07) is 15.2. The van der Waals surface area contributed by atoms with Gasteiger partial charge in [-0.2, -0.15) is 0 Å². The van der Waals surface area contributed by atoms with E-state index in [1.165, 1.54) is 18.2 Å². The lowest BCUT2D eigenvalue weighted by Crippen LogP contribution is -2.21. The zero-order chi connectivity index (χ0) is 26.9. The average molecular weight is 525 g/mol. The molecule has 0 aromatic heterocycles. The molecule has 0 spiro atoms. The average Bonchev–Trinajstić information content (AvgIpc) is 2.89. The molecule has 2 aromatic rings. The van der Waals surface area contributed by atoms with Gasteiger partial charge in [0.05, 0.1) is 11.6 Å². The van der Waals surface area contributed by atoms with Crippen LogP contribution in [0.15, 0.2) is 59.0 Å². The molecule has 0 saturated heterocycles. The fraction of sp³-hybridized carbons (Fsp3) is 0.192. The molecule has 1 aliphatic carbocycles. The summed E-state index contributed by atoms with van der Waals surface area (Å²) in [7, 11) is 2.20. The maximum atomic E-state index is 12.8. The van der Waals surface area contributed by atoms with Gasteiger partial charge in [0.15, 0.2) is 5.78 Å². The normalized spacial score (nSPS) is 12.9. The molecular formula is C26H26N2O8P+. The minimum absolute atomic E-state index is 0.0228. The number of rotatable bonds is 8. The van der Waals surface area contributed by atoms with Gasteiger partial charge in [0.25, 0.3) is 0 Å². The highest BCUT2D eigenvalue weighted by Crippen LogP contribution is 2.43. The predicted octanol–water partition coefficient (Wildman–Crippen LogP) is 3.92. The second-order valence-corrected chi connectivity index (χ2v) is 9.99. The van der Waals surface area contributed by atoms with Crippen LogP contribution < -0.4 is 15.2 Å². The molecule has 192 valence electrons. The number of carbonyl (C=O) groups excluding carboxylic acids is 1. The molecule has 0 fully saturated rings. The molecule has 37 heavy (non-hydrogen) atoms. The molecule has 10 nitrogen and oxygen atoms in total. The van der Waals surface area contributed by atoms with E-state index in [1.54, 1.807) is 7.05 Å². The minimum Gasteiger partial charge on any atom is -0.478 e. The third-order valence-corrected chi connectivity index (χ3v) is 6.86. The first kappa shape index (κ1) is 26.2. The lowest BCUT2D eigenvalue weighted by atomic mass is 9.89. The third-order valence-electron chi connectivity index (χ3n) is 5.94. The van der Waals surface area contributed by atoms with Gasteiger partial charge in [-0.1, -0.05) is 6.07 Å². The molecule has 1 atom stereocenters. The summed E-state index contributed by atoms with van der Waals surface area (Å²) < 4.78 is 28.9. The summed E-state index contributed by atoms with van der Waals surface area (Å²) in [6.45, 7) is -0.725. The lowest BCUT2D eigenvalue weighted by molar-refractivity contribution is 0.0697. The number of Topliss-reactive ketones (excluding diaryl/α,β-unsaturated/α-hetero) is 1. The van der Waals surface area contributed by atoms with Crippen molar-refractivity contribution in [3.8, 4) is 22.5 Å². The van der Waals surface area contributed by atoms with Crippen molar-refractivity contribution in [1.29, 1.82) is 0 Å². The molecule has 0 bridgehead atoms. The van der Waals surface area contributed by atoms with Crippen molar-refractivity contribution < 1.29 is 37.6 Å². The van der Waals surface area contributed by atoms with Crippen molar-refractivity contribution in [2.45, 2.75) is 0 Å². The molecule has 0 amide bonds. The van der Waals surface area contributed by atoms with Crippen LogP contribution in [0.1, 0.15) is 20.7 Å². The highest BCUT2D eigenvalue weighted by atomic mass is 31.2. The van der Waals surface area contributed by atoms with Gasteiger partial charge in [0.2, 0.25) is 5.36 Å². The fourth-order valence-corrected chi connectivity index (χ4v) is 4.38. The number of ketones is 1. The number of carboxylic acids is 1. The molecule has 2 aromatic carbocycles. The molecule has 0 radical (unpaired) electrons. The molecule has 3 N–H and O–H groups in total. The fourth-order valence-electron chi connectivity index (χ4n) is 3.99. The van der Waals surface area contributed by atoms with E-state index in [-0.39, 0.29) is 16.7 Å². The second-order valence-electron chi connectivity index (χ2n) is 8.43. The number of carbonyl (C=O) groups is 2. The van der Waals surface area contributed by atoms with E-state index < -0.39 is 26.2 Å². The molecule has 1 unspecified atom stereocenters. The van der Waals surface area contributed by atoms with Crippen LogP contribution in [0.4, 0.5) is 5.69 Å². The van der Waals surface area contributed by atoms with Crippen molar-refractivity contribution in [3.05, 3.63) is 71.1 Å². The smallest absolute Gasteiger partial charge is 0.472 e. The molecular weight excluding hydrogens is 499 g/mol. The summed E-state index contributed by atoms with van der Waals surface area (Å²) in [5, 5.41) is 14.6. The van der Waals surface area contributed by atoms with Gasteiger partial charge >= 0.3 is 13.8 Å². The van der Waals surface area contributed by atoms with E-state index in [0.717, 1.165) is 18.2 Å². The maximum Gasteiger partial charge on any atom is 0.472 e. The molecule has 11 heteroatoms. The van der Waals surface area contributed by atoms with Gasteiger partial charge in [-0.15, -0.1) is 0 Å². The van der Waals surface area contributed by atoms with E-state index in [2.05, 4.69) is 9.84 Å². The quantitative estimate of drug-likeness (QED) is 0.135. The number of carboxylic acid groups (broad SMARTS) is 1. The Kier molecular flexibility index (Phi) is 7.29. The number of hydrogen-bond acceptors (Lipinski definition) is 7. The van der Waals surface area contributed by atoms with Crippen LogP contribution in [-0.4, -0.2) is 56.6 Å². The lowest BCUT2D eigenvalue weighted by Gasteiger charge is -2.18. The largest absolute Gasteiger partial charge is 0.478 e. The Bertz CT molecular complexity index is 1620. The number of phosphoric ester groups is 1. The van der Waals surface area contributed by atoms with Gasteiger partial charge in [-0.05, 0) is 35.9 Å². The molecule has 1 heterocycles. The Hall–Kier alpha value is -3.82. The summed E-state index contributed by atoms with van der Waals surface area (Å²) in [4.78, 5) is 34.5. The second kappa shape index (κ2) is 10.3. The third kappa shape index (κ3) is 5.33. The van der Waals surface area contributed by atoms with E-state index in [4.69, 9.17) is 8.94 Å². The van der Waals surface area contributed by atoms with Crippen LogP contribution >= 0.6 is 7.82 Å². The number of benzene rings is 3. The van der Waals surface area contributed by atoms with E-state index in [0.29, 0.717) is 27.9 Å². The standard InChI is InChI=1S/C26H25N2O8P/c1-27-16-6-9-19-23(12-16)36-24-13-17(28(2)3)7-10-20(24)25(19)21-11-15(5-8-18(21)26(30)31)22(29)14-35-37(32,33)34-4/h5-13H,14H2,1-4H3,(H2,30,31,32,33)/p+1. The molecule has 2 aliphatic rings. The van der Waals surface area contributed by atoms with Crippen molar-refractivity contribution in [3.63, 3.8) is 0 Å². The monoisotopic (exact) mass is 525 g/mol. The Morgan fingerprint density at radius 1 is 1.05 bits per heavy atom. The van der Waals surface area contributed by atoms with Crippen LogP contribution in [0.2, 0.25) is 0 Å². The number of phosphoric acid groups is 1. The van der Waals surface area contributed by atoms with Crippen molar-refractivity contribution in [2.24, 2.45) is 0 Å². The van der Waals surface area contributed by atoms with E-state index >= 15 is 0 Å². The maximum absolute atomic E-state index is 12.8.